The number of nitrogen functional groups attached to an aromatic ring is 1. The predicted molar refractivity (Wildman–Crippen MR) is 57.0 cm³/mol. The molecule has 3 nitrogen and oxygen atoms in total. The Labute approximate surface area is 79.4 Å². The molecule has 0 saturated carbocycles. The van der Waals surface area contributed by atoms with E-state index in [4.69, 9.17) is 5.73 Å². The average molecular weight is 179 g/mol. The Bertz CT molecular complexity index is 305. The van der Waals surface area contributed by atoms with Crippen molar-refractivity contribution >= 4 is 11.5 Å². The van der Waals surface area contributed by atoms with E-state index in [9.17, 15) is 0 Å². The third-order valence-corrected chi connectivity index (χ3v) is 2.07. The van der Waals surface area contributed by atoms with Gasteiger partial charge in [-0.2, -0.15) is 0 Å². The molecule has 1 aromatic rings. The summed E-state index contributed by atoms with van der Waals surface area (Å²) in [6, 6.07) is 1.97. The summed E-state index contributed by atoms with van der Waals surface area (Å²) in [6.07, 6.45) is 0. The zero-order valence-electron chi connectivity index (χ0n) is 8.68. The van der Waals surface area contributed by atoms with Crippen LogP contribution in [0.15, 0.2) is 6.07 Å². The van der Waals surface area contributed by atoms with Crippen LogP contribution in [0.3, 0.4) is 0 Å². The molecular weight excluding hydrogens is 162 g/mol. The number of aromatic nitrogens is 1. The van der Waals surface area contributed by atoms with Gasteiger partial charge in [-0.15, -0.1) is 0 Å². The number of hydrogen-bond acceptors (Lipinski definition) is 3. The molecule has 0 saturated heterocycles. The van der Waals surface area contributed by atoms with Crippen LogP contribution in [0.2, 0.25) is 0 Å². The summed E-state index contributed by atoms with van der Waals surface area (Å²) >= 11 is 0. The molecule has 0 amide bonds. The molecule has 0 atom stereocenters. The number of aryl methyl sites for hydroxylation is 1. The second kappa shape index (κ2) is 3.64. The normalized spacial score (nSPS) is 10.5. The van der Waals surface area contributed by atoms with Crippen molar-refractivity contribution in [1.82, 2.24) is 4.98 Å². The zero-order valence-corrected chi connectivity index (χ0v) is 8.68. The summed E-state index contributed by atoms with van der Waals surface area (Å²) in [5.41, 5.74) is 8.76. The Morgan fingerprint density at radius 2 is 2.08 bits per heavy atom. The molecule has 3 N–H and O–H groups in total. The fourth-order valence-corrected chi connectivity index (χ4v) is 1.43. The lowest BCUT2D eigenvalue weighted by Gasteiger charge is -2.12. The topological polar surface area (TPSA) is 50.9 Å². The summed E-state index contributed by atoms with van der Waals surface area (Å²) < 4.78 is 0. The number of hydrogen-bond donors (Lipinski definition) is 2. The molecular formula is C10H17N3. The maximum Gasteiger partial charge on any atom is 0.149 e. The van der Waals surface area contributed by atoms with Crippen LogP contribution in [0, 0.1) is 6.92 Å². The molecule has 13 heavy (non-hydrogen) atoms. The molecule has 0 spiro atoms. The number of nitrogens with one attached hydrogen (secondary N) is 1. The Morgan fingerprint density at radius 1 is 1.46 bits per heavy atom. The van der Waals surface area contributed by atoms with Gasteiger partial charge >= 0.3 is 0 Å². The van der Waals surface area contributed by atoms with Crippen LogP contribution in [-0.4, -0.2) is 12.0 Å². The molecule has 0 aliphatic heterocycles. The summed E-state index contributed by atoms with van der Waals surface area (Å²) in [7, 11) is 1.83. The number of rotatable bonds is 2. The summed E-state index contributed by atoms with van der Waals surface area (Å²) in [5, 5.41) is 2.98. The highest BCUT2D eigenvalue weighted by molar-refractivity contribution is 5.62. The molecule has 3 heteroatoms. The second-order valence-corrected chi connectivity index (χ2v) is 3.53. The van der Waals surface area contributed by atoms with Crippen molar-refractivity contribution in [2.75, 3.05) is 18.1 Å². The minimum absolute atomic E-state index is 0.438. The predicted octanol–water partition coefficient (Wildman–Crippen LogP) is 2.14. The van der Waals surface area contributed by atoms with Gasteiger partial charge in [-0.3, -0.25) is 0 Å². The van der Waals surface area contributed by atoms with Crippen molar-refractivity contribution in [2.24, 2.45) is 0 Å². The smallest absolute Gasteiger partial charge is 0.149 e. The van der Waals surface area contributed by atoms with Gasteiger partial charge in [0.2, 0.25) is 0 Å². The van der Waals surface area contributed by atoms with E-state index in [2.05, 4.69) is 24.1 Å². The fourth-order valence-electron chi connectivity index (χ4n) is 1.43. The van der Waals surface area contributed by atoms with E-state index in [1.807, 2.05) is 20.0 Å². The first-order valence-corrected chi connectivity index (χ1v) is 4.51. The van der Waals surface area contributed by atoms with Crippen molar-refractivity contribution < 1.29 is 0 Å². The molecule has 0 bridgehead atoms. The first kappa shape index (κ1) is 9.84. The van der Waals surface area contributed by atoms with Crippen molar-refractivity contribution in [2.45, 2.75) is 26.7 Å². The minimum Gasteiger partial charge on any atom is -0.396 e. The lowest BCUT2D eigenvalue weighted by Crippen LogP contribution is -2.04. The largest absolute Gasteiger partial charge is 0.396 e. The summed E-state index contributed by atoms with van der Waals surface area (Å²) in [5.74, 6) is 1.21. The van der Waals surface area contributed by atoms with E-state index in [1.54, 1.807) is 0 Å². The van der Waals surface area contributed by atoms with Crippen LogP contribution in [0.1, 0.15) is 31.0 Å². The highest BCUT2D eigenvalue weighted by Gasteiger charge is 2.08. The second-order valence-electron chi connectivity index (χ2n) is 3.53. The van der Waals surface area contributed by atoms with E-state index in [0.29, 0.717) is 11.6 Å². The third kappa shape index (κ3) is 1.91. The van der Waals surface area contributed by atoms with E-state index in [0.717, 1.165) is 17.1 Å². The maximum atomic E-state index is 5.78. The van der Waals surface area contributed by atoms with Gasteiger partial charge in [-0.05, 0) is 24.5 Å². The van der Waals surface area contributed by atoms with Crippen LogP contribution in [0.5, 0.6) is 0 Å². The Kier molecular flexibility index (Phi) is 2.76. The Balaban J connectivity index is 3.22. The Hall–Kier alpha value is -1.25. The van der Waals surface area contributed by atoms with E-state index >= 15 is 0 Å². The van der Waals surface area contributed by atoms with Gasteiger partial charge in [-0.25, -0.2) is 4.98 Å². The third-order valence-electron chi connectivity index (χ3n) is 2.07. The monoisotopic (exact) mass is 179 g/mol. The van der Waals surface area contributed by atoms with Gasteiger partial charge in [0.05, 0.1) is 5.69 Å². The van der Waals surface area contributed by atoms with Crippen LogP contribution in [-0.2, 0) is 0 Å². The van der Waals surface area contributed by atoms with Gasteiger partial charge in [-0.1, -0.05) is 13.8 Å². The van der Waals surface area contributed by atoms with Gasteiger partial charge in [0.1, 0.15) is 5.82 Å². The van der Waals surface area contributed by atoms with Crippen LogP contribution >= 0.6 is 0 Å². The highest BCUT2D eigenvalue weighted by Crippen LogP contribution is 2.23. The first-order chi connectivity index (χ1) is 6.06. The average Bonchev–Trinajstić information content (AvgIpc) is 2.03. The molecule has 1 rings (SSSR count). The molecule has 72 valence electrons. The molecule has 0 fully saturated rings. The van der Waals surface area contributed by atoms with Crippen molar-refractivity contribution in [1.29, 1.82) is 0 Å². The van der Waals surface area contributed by atoms with E-state index in [1.165, 1.54) is 0 Å². The molecule has 0 unspecified atom stereocenters. The van der Waals surface area contributed by atoms with Gasteiger partial charge in [0, 0.05) is 12.7 Å². The minimum atomic E-state index is 0.438. The molecule has 0 aliphatic rings. The number of anilines is 2. The SMILES string of the molecule is CNc1nc(C(C)C)c(C)cc1N. The van der Waals surface area contributed by atoms with Crippen LogP contribution in [0.25, 0.3) is 0 Å². The number of nitrogens with two attached hydrogens (primary N) is 1. The van der Waals surface area contributed by atoms with E-state index < -0.39 is 0 Å². The van der Waals surface area contributed by atoms with Gasteiger partial charge < -0.3 is 11.1 Å². The Morgan fingerprint density at radius 3 is 2.54 bits per heavy atom. The first-order valence-electron chi connectivity index (χ1n) is 4.51. The van der Waals surface area contributed by atoms with Crippen molar-refractivity contribution in [3.63, 3.8) is 0 Å². The summed E-state index contributed by atoms with van der Waals surface area (Å²) in [6.45, 7) is 6.30. The molecule has 1 heterocycles. The van der Waals surface area contributed by atoms with Crippen LogP contribution in [0.4, 0.5) is 11.5 Å². The molecule has 1 aromatic heterocycles. The quantitative estimate of drug-likeness (QED) is 0.731. The lowest BCUT2D eigenvalue weighted by atomic mass is 10.0. The number of pyridine rings is 1. The number of nitrogens with zero attached hydrogens (tertiary/aromatic N) is 1. The zero-order chi connectivity index (χ0) is 10.0. The van der Waals surface area contributed by atoms with E-state index in [-0.39, 0.29) is 0 Å². The van der Waals surface area contributed by atoms with Gasteiger partial charge in [0.25, 0.3) is 0 Å². The molecule has 0 aliphatic carbocycles. The summed E-state index contributed by atoms with van der Waals surface area (Å²) in [4.78, 5) is 4.45. The van der Waals surface area contributed by atoms with Crippen molar-refractivity contribution in [3.05, 3.63) is 17.3 Å². The van der Waals surface area contributed by atoms with Gasteiger partial charge in [0.15, 0.2) is 0 Å². The fraction of sp³-hybridized carbons (Fsp3) is 0.500. The molecule has 0 aromatic carbocycles. The van der Waals surface area contributed by atoms with Crippen molar-refractivity contribution in [3.8, 4) is 0 Å². The highest BCUT2D eigenvalue weighted by atomic mass is 15.0. The van der Waals surface area contributed by atoms with Crippen LogP contribution < -0.4 is 11.1 Å². The standard InChI is InChI=1S/C10H17N3/c1-6(2)9-7(3)5-8(11)10(12-4)13-9/h5-6H,11H2,1-4H3,(H,12,13). The molecule has 0 radical (unpaired) electrons. The lowest BCUT2D eigenvalue weighted by molar-refractivity contribution is 0.814. The maximum absolute atomic E-state index is 5.78.